The Morgan fingerprint density at radius 2 is 2.00 bits per heavy atom. The van der Waals surface area contributed by atoms with E-state index in [1.807, 2.05) is 0 Å². The van der Waals surface area contributed by atoms with Gasteiger partial charge in [-0.1, -0.05) is 0 Å². The van der Waals surface area contributed by atoms with Crippen molar-refractivity contribution in [2.24, 2.45) is 0 Å². The molecule has 1 rings (SSSR count). The Bertz CT molecular complexity index is 408. The summed E-state index contributed by atoms with van der Waals surface area (Å²) >= 11 is 0. The highest BCUT2D eigenvalue weighted by molar-refractivity contribution is 5.94. The van der Waals surface area contributed by atoms with Gasteiger partial charge in [0, 0.05) is 31.0 Å². The highest BCUT2D eigenvalue weighted by Crippen LogP contribution is 2.04. The van der Waals surface area contributed by atoms with Gasteiger partial charge in [0.15, 0.2) is 0 Å². The molecule has 1 heterocycles. The predicted octanol–water partition coefficient (Wildman–Crippen LogP) is 0.469. The molecule has 0 radical (unpaired) electrons. The van der Waals surface area contributed by atoms with Crippen molar-refractivity contribution in [2.45, 2.75) is 13.3 Å². The van der Waals surface area contributed by atoms with Crippen molar-refractivity contribution in [3.05, 3.63) is 30.1 Å². The molecule has 0 aromatic carbocycles. The van der Waals surface area contributed by atoms with E-state index >= 15 is 0 Å². The first-order valence-electron chi connectivity index (χ1n) is 6.14. The Morgan fingerprint density at radius 3 is 2.58 bits per heavy atom. The number of esters is 1. The second-order valence-corrected chi connectivity index (χ2v) is 3.81. The minimum atomic E-state index is -0.354. The summed E-state index contributed by atoms with van der Waals surface area (Å²) in [5.41, 5.74) is 0.479. The molecule has 1 aromatic heterocycles. The van der Waals surface area contributed by atoms with Crippen molar-refractivity contribution in [1.29, 1.82) is 0 Å². The molecule has 1 N–H and O–H groups in total. The van der Waals surface area contributed by atoms with Crippen molar-refractivity contribution in [3.8, 4) is 0 Å². The summed E-state index contributed by atoms with van der Waals surface area (Å²) in [6.45, 7) is 2.30. The van der Waals surface area contributed by atoms with Crippen LogP contribution < -0.4 is 0 Å². The zero-order chi connectivity index (χ0) is 14.1. The largest absolute Gasteiger partial charge is 0.466 e. The fourth-order valence-electron chi connectivity index (χ4n) is 1.57. The number of nitrogens with zero attached hydrogens (tertiary/aromatic N) is 2. The van der Waals surface area contributed by atoms with Gasteiger partial charge in [-0.15, -0.1) is 0 Å². The van der Waals surface area contributed by atoms with Crippen LogP contribution in [0.15, 0.2) is 24.5 Å². The molecule has 0 atom stereocenters. The summed E-state index contributed by atoms with van der Waals surface area (Å²) in [7, 11) is 0. The van der Waals surface area contributed by atoms with E-state index in [1.165, 1.54) is 17.3 Å². The topological polar surface area (TPSA) is 79.7 Å². The summed E-state index contributed by atoms with van der Waals surface area (Å²) in [5, 5.41) is 8.98. The number of carbonyl (C=O) groups excluding carboxylic acids is 2. The molecule has 1 amide bonds. The molecule has 0 bridgehead atoms. The van der Waals surface area contributed by atoms with E-state index in [0.717, 1.165) is 0 Å². The highest BCUT2D eigenvalue weighted by Gasteiger charge is 2.16. The molecule has 6 nitrogen and oxygen atoms in total. The molecule has 0 aliphatic carbocycles. The molecule has 0 saturated heterocycles. The van der Waals surface area contributed by atoms with Crippen LogP contribution in [0.25, 0.3) is 0 Å². The summed E-state index contributed by atoms with van der Waals surface area (Å²) in [6.07, 6.45) is 3.16. The van der Waals surface area contributed by atoms with E-state index in [4.69, 9.17) is 9.84 Å². The number of hydrogen-bond donors (Lipinski definition) is 1. The van der Waals surface area contributed by atoms with Crippen molar-refractivity contribution in [1.82, 2.24) is 9.88 Å². The van der Waals surface area contributed by atoms with Crippen LogP contribution in [0, 0.1) is 0 Å². The van der Waals surface area contributed by atoms with Crippen molar-refractivity contribution in [2.75, 3.05) is 26.3 Å². The first-order valence-corrected chi connectivity index (χ1v) is 6.14. The first-order chi connectivity index (χ1) is 9.19. The number of amides is 1. The smallest absolute Gasteiger partial charge is 0.307 e. The average molecular weight is 266 g/mol. The molecule has 1 aromatic rings. The zero-order valence-electron chi connectivity index (χ0n) is 10.9. The lowest BCUT2D eigenvalue weighted by molar-refractivity contribution is -0.143. The van der Waals surface area contributed by atoms with E-state index in [-0.39, 0.29) is 38.0 Å². The van der Waals surface area contributed by atoms with Gasteiger partial charge in [-0.05, 0) is 19.1 Å². The standard InChI is InChI=1S/C13H18N2O4/c1-2-19-12(17)5-8-15(9-10-16)13(18)11-3-6-14-7-4-11/h3-4,6-7,16H,2,5,8-10H2,1H3. The zero-order valence-corrected chi connectivity index (χ0v) is 10.9. The number of aliphatic hydroxyl groups is 1. The van der Waals surface area contributed by atoms with Gasteiger partial charge in [0.05, 0.1) is 19.6 Å². The van der Waals surface area contributed by atoms with Crippen LogP contribution in [0.5, 0.6) is 0 Å². The van der Waals surface area contributed by atoms with Crippen LogP contribution in [-0.4, -0.2) is 53.2 Å². The van der Waals surface area contributed by atoms with Crippen LogP contribution >= 0.6 is 0 Å². The Labute approximate surface area is 112 Å². The van der Waals surface area contributed by atoms with Gasteiger partial charge in [-0.3, -0.25) is 14.6 Å². The van der Waals surface area contributed by atoms with Crippen molar-refractivity contribution < 1.29 is 19.4 Å². The van der Waals surface area contributed by atoms with E-state index in [2.05, 4.69) is 4.98 Å². The van der Waals surface area contributed by atoms with Crippen LogP contribution in [0.4, 0.5) is 0 Å². The number of carbonyl (C=O) groups is 2. The fourth-order valence-corrected chi connectivity index (χ4v) is 1.57. The number of hydrogen-bond acceptors (Lipinski definition) is 5. The molecule has 19 heavy (non-hydrogen) atoms. The molecule has 0 unspecified atom stereocenters. The highest BCUT2D eigenvalue weighted by atomic mass is 16.5. The van der Waals surface area contributed by atoms with E-state index in [1.54, 1.807) is 19.1 Å². The van der Waals surface area contributed by atoms with Crippen LogP contribution in [-0.2, 0) is 9.53 Å². The Morgan fingerprint density at radius 1 is 1.32 bits per heavy atom. The van der Waals surface area contributed by atoms with Gasteiger partial charge >= 0.3 is 5.97 Å². The number of aromatic nitrogens is 1. The molecule has 6 heteroatoms. The van der Waals surface area contributed by atoms with E-state index in [0.29, 0.717) is 12.2 Å². The summed E-state index contributed by atoms with van der Waals surface area (Å²) in [5.74, 6) is -0.589. The number of rotatable bonds is 7. The van der Waals surface area contributed by atoms with Gasteiger partial charge in [0.2, 0.25) is 0 Å². The van der Waals surface area contributed by atoms with Crippen LogP contribution in [0.1, 0.15) is 23.7 Å². The van der Waals surface area contributed by atoms with E-state index in [9.17, 15) is 9.59 Å². The van der Waals surface area contributed by atoms with Crippen molar-refractivity contribution in [3.63, 3.8) is 0 Å². The Hall–Kier alpha value is -1.95. The van der Waals surface area contributed by atoms with Gasteiger partial charge in [-0.25, -0.2) is 0 Å². The monoisotopic (exact) mass is 266 g/mol. The normalized spacial score (nSPS) is 10.0. The number of pyridine rings is 1. The SMILES string of the molecule is CCOC(=O)CCN(CCO)C(=O)c1ccncc1. The third kappa shape index (κ3) is 5.05. The van der Waals surface area contributed by atoms with E-state index < -0.39 is 0 Å². The lowest BCUT2D eigenvalue weighted by Crippen LogP contribution is -2.35. The lowest BCUT2D eigenvalue weighted by atomic mass is 10.2. The van der Waals surface area contributed by atoms with Gasteiger partial charge < -0.3 is 14.7 Å². The number of ether oxygens (including phenoxy) is 1. The second kappa shape index (κ2) is 8.20. The van der Waals surface area contributed by atoms with Gasteiger partial charge in [0.25, 0.3) is 5.91 Å². The average Bonchev–Trinajstić information content (AvgIpc) is 2.44. The van der Waals surface area contributed by atoms with Gasteiger partial charge in [0.1, 0.15) is 0 Å². The lowest BCUT2D eigenvalue weighted by Gasteiger charge is -2.21. The van der Waals surface area contributed by atoms with Crippen LogP contribution in [0.2, 0.25) is 0 Å². The third-order valence-electron chi connectivity index (χ3n) is 2.48. The van der Waals surface area contributed by atoms with Crippen molar-refractivity contribution >= 4 is 11.9 Å². The minimum Gasteiger partial charge on any atom is -0.466 e. The fraction of sp³-hybridized carbons (Fsp3) is 0.462. The molecule has 0 saturated carbocycles. The third-order valence-corrected chi connectivity index (χ3v) is 2.48. The molecule has 0 spiro atoms. The molecule has 0 aliphatic heterocycles. The maximum atomic E-state index is 12.1. The molecule has 104 valence electrons. The molecular formula is C13H18N2O4. The summed E-state index contributed by atoms with van der Waals surface area (Å²) in [6, 6.07) is 3.19. The number of aliphatic hydroxyl groups excluding tert-OH is 1. The quantitative estimate of drug-likeness (QED) is 0.726. The minimum absolute atomic E-state index is 0.116. The second-order valence-electron chi connectivity index (χ2n) is 3.81. The predicted molar refractivity (Wildman–Crippen MR) is 68.5 cm³/mol. The summed E-state index contributed by atoms with van der Waals surface area (Å²) in [4.78, 5) is 28.7. The van der Waals surface area contributed by atoms with Crippen LogP contribution in [0.3, 0.4) is 0 Å². The molecule has 0 aliphatic rings. The molecular weight excluding hydrogens is 248 g/mol. The maximum Gasteiger partial charge on any atom is 0.307 e. The first kappa shape index (κ1) is 15.1. The summed E-state index contributed by atoms with van der Waals surface area (Å²) < 4.78 is 4.81. The molecule has 0 fully saturated rings. The Balaban J connectivity index is 2.61. The Kier molecular flexibility index (Phi) is 6.52. The maximum absolute atomic E-state index is 12.1. The van der Waals surface area contributed by atoms with Gasteiger partial charge in [-0.2, -0.15) is 0 Å².